The lowest BCUT2D eigenvalue weighted by molar-refractivity contribution is 0.158. The highest BCUT2D eigenvalue weighted by Gasteiger charge is 2.16. The lowest BCUT2D eigenvalue weighted by Gasteiger charge is -2.21. The Kier molecular flexibility index (Phi) is 4.80. The third-order valence-corrected chi connectivity index (χ3v) is 4.54. The van der Waals surface area contributed by atoms with E-state index in [0.29, 0.717) is 23.7 Å². The summed E-state index contributed by atoms with van der Waals surface area (Å²) in [4.78, 5) is 0. The Hall–Kier alpha value is -3.25. The number of aromatic nitrogens is 4. The van der Waals surface area contributed by atoms with Gasteiger partial charge in [0, 0.05) is 12.0 Å². The molecule has 0 aliphatic carbocycles. The van der Waals surface area contributed by atoms with Gasteiger partial charge in [-0.2, -0.15) is 4.52 Å². The summed E-state index contributed by atoms with van der Waals surface area (Å²) >= 11 is 0. The van der Waals surface area contributed by atoms with Crippen LogP contribution < -0.4 is 5.32 Å². The van der Waals surface area contributed by atoms with Crippen molar-refractivity contribution in [1.82, 2.24) is 19.8 Å². The average Bonchev–Trinajstić information content (AvgIpc) is 3.12. The van der Waals surface area contributed by atoms with Crippen molar-refractivity contribution in [2.75, 3.05) is 5.32 Å². The van der Waals surface area contributed by atoms with Crippen LogP contribution in [0.2, 0.25) is 0 Å². The number of fused-ring (bicyclic) bond motifs is 1. The van der Waals surface area contributed by atoms with Crippen LogP contribution in [0.3, 0.4) is 0 Å². The Balaban J connectivity index is 1.53. The fraction of sp³-hybridized carbons (Fsp3) is 0.190. The van der Waals surface area contributed by atoms with Crippen LogP contribution in [0.4, 0.5) is 5.82 Å². The van der Waals surface area contributed by atoms with Gasteiger partial charge in [-0.25, -0.2) is 0 Å². The van der Waals surface area contributed by atoms with Crippen LogP contribution in [-0.4, -0.2) is 37.1 Å². The number of aliphatic hydroxyl groups excluding tert-OH is 1. The summed E-state index contributed by atoms with van der Waals surface area (Å²) in [6.07, 6.45) is 0.0542. The highest BCUT2D eigenvalue weighted by atomic mass is 16.3. The van der Waals surface area contributed by atoms with E-state index in [1.165, 1.54) is 0 Å². The highest BCUT2D eigenvalue weighted by molar-refractivity contribution is 5.59. The van der Waals surface area contributed by atoms with Crippen molar-refractivity contribution in [3.8, 4) is 11.4 Å². The Morgan fingerprint density at radius 1 is 0.926 bits per heavy atom. The van der Waals surface area contributed by atoms with Crippen molar-refractivity contribution in [2.24, 2.45) is 0 Å². The molecule has 2 unspecified atom stereocenters. The highest BCUT2D eigenvalue weighted by Crippen LogP contribution is 2.18. The standard InChI is InChI=1S/C21H21N5O/c1-15(18(27)14-16-8-4-2-5-9-16)22-19-12-13-20-23-24-21(26(20)25-19)17-10-6-3-7-11-17/h2-13,15,18,27H,14H2,1H3,(H,22,25). The van der Waals surface area contributed by atoms with Crippen LogP contribution in [0.5, 0.6) is 0 Å². The summed E-state index contributed by atoms with van der Waals surface area (Å²) in [6.45, 7) is 1.95. The first kappa shape index (κ1) is 17.2. The zero-order valence-electron chi connectivity index (χ0n) is 15.0. The number of nitrogens with zero attached hydrogens (tertiary/aromatic N) is 4. The maximum absolute atomic E-state index is 10.5. The predicted octanol–water partition coefficient (Wildman–Crippen LogP) is 3.20. The maximum atomic E-state index is 10.5. The molecule has 6 heteroatoms. The van der Waals surface area contributed by atoms with Crippen molar-refractivity contribution in [3.05, 3.63) is 78.4 Å². The molecule has 0 aliphatic heterocycles. The molecule has 0 amide bonds. The molecule has 4 rings (SSSR count). The van der Waals surface area contributed by atoms with E-state index in [2.05, 4.69) is 20.6 Å². The molecule has 4 aromatic rings. The first-order valence-corrected chi connectivity index (χ1v) is 8.97. The van der Waals surface area contributed by atoms with Gasteiger partial charge >= 0.3 is 0 Å². The third-order valence-electron chi connectivity index (χ3n) is 4.54. The minimum absolute atomic E-state index is 0.160. The van der Waals surface area contributed by atoms with Crippen molar-refractivity contribution in [1.29, 1.82) is 0 Å². The monoisotopic (exact) mass is 359 g/mol. The number of anilines is 1. The molecule has 0 fully saturated rings. The summed E-state index contributed by atoms with van der Waals surface area (Å²) in [5, 5.41) is 26.8. The molecule has 2 aromatic carbocycles. The predicted molar refractivity (Wildman–Crippen MR) is 105 cm³/mol. The first-order valence-electron chi connectivity index (χ1n) is 8.97. The van der Waals surface area contributed by atoms with Crippen LogP contribution in [0, 0.1) is 0 Å². The summed E-state index contributed by atoms with van der Waals surface area (Å²) in [7, 11) is 0. The Bertz CT molecular complexity index is 1020. The van der Waals surface area contributed by atoms with Gasteiger partial charge in [0.25, 0.3) is 0 Å². The van der Waals surface area contributed by atoms with E-state index in [4.69, 9.17) is 0 Å². The molecule has 0 saturated heterocycles. The van der Waals surface area contributed by atoms with Gasteiger partial charge in [0.1, 0.15) is 5.82 Å². The number of benzene rings is 2. The van der Waals surface area contributed by atoms with E-state index in [1.807, 2.05) is 79.7 Å². The molecule has 6 nitrogen and oxygen atoms in total. The van der Waals surface area contributed by atoms with Gasteiger partial charge in [-0.05, 0) is 24.6 Å². The number of nitrogens with one attached hydrogen (secondary N) is 1. The van der Waals surface area contributed by atoms with E-state index in [1.54, 1.807) is 4.52 Å². The summed E-state index contributed by atoms with van der Waals surface area (Å²) in [5.41, 5.74) is 2.73. The third kappa shape index (κ3) is 3.80. The number of aliphatic hydroxyl groups is 1. The van der Waals surface area contributed by atoms with Crippen LogP contribution >= 0.6 is 0 Å². The van der Waals surface area contributed by atoms with Crippen LogP contribution in [-0.2, 0) is 6.42 Å². The van der Waals surface area contributed by atoms with Gasteiger partial charge in [0.15, 0.2) is 11.5 Å². The summed E-state index contributed by atoms with van der Waals surface area (Å²) in [6, 6.07) is 23.4. The van der Waals surface area contributed by atoms with Gasteiger partial charge in [0.05, 0.1) is 12.1 Å². The van der Waals surface area contributed by atoms with Crippen molar-refractivity contribution < 1.29 is 5.11 Å². The zero-order chi connectivity index (χ0) is 18.6. The second kappa shape index (κ2) is 7.55. The Morgan fingerprint density at radius 2 is 1.63 bits per heavy atom. The summed E-state index contributed by atoms with van der Waals surface area (Å²) in [5.74, 6) is 1.35. The number of hydrogen-bond acceptors (Lipinski definition) is 5. The van der Waals surface area contributed by atoms with E-state index < -0.39 is 6.10 Å². The van der Waals surface area contributed by atoms with Gasteiger partial charge < -0.3 is 10.4 Å². The Morgan fingerprint density at radius 3 is 2.37 bits per heavy atom. The molecule has 136 valence electrons. The largest absolute Gasteiger partial charge is 0.391 e. The van der Waals surface area contributed by atoms with Crippen molar-refractivity contribution >= 4 is 11.5 Å². The molecule has 2 N–H and O–H groups in total. The lowest BCUT2D eigenvalue weighted by atomic mass is 10.0. The molecule has 2 atom stereocenters. The van der Waals surface area contributed by atoms with Crippen molar-refractivity contribution in [2.45, 2.75) is 25.5 Å². The van der Waals surface area contributed by atoms with Gasteiger partial charge in [-0.15, -0.1) is 15.3 Å². The molecule has 2 heterocycles. The smallest absolute Gasteiger partial charge is 0.185 e. The fourth-order valence-corrected chi connectivity index (χ4v) is 2.99. The minimum Gasteiger partial charge on any atom is -0.391 e. The van der Waals surface area contributed by atoms with Gasteiger partial charge in [0.2, 0.25) is 0 Å². The molecule has 0 bridgehead atoms. The second-order valence-corrected chi connectivity index (χ2v) is 6.57. The molecule has 0 aliphatic rings. The first-order chi connectivity index (χ1) is 13.2. The molecule has 27 heavy (non-hydrogen) atoms. The second-order valence-electron chi connectivity index (χ2n) is 6.57. The molecular weight excluding hydrogens is 338 g/mol. The fourth-order valence-electron chi connectivity index (χ4n) is 2.99. The summed E-state index contributed by atoms with van der Waals surface area (Å²) < 4.78 is 1.72. The SMILES string of the molecule is CC(Nc1ccc2nnc(-c3ccccc3)n2n1)C(O)Cc1ccccc1. The molecule has 2 aromatic heterocycles. The average molecular weight is 359 g/mol. The maximum Gasteiger partial charge on any atom is 0.185 e. The molecular formula is C21H21N5O. The van der Waals surface area contributed by atoms with Crippen LogP contribution in [0.1, 0.15) is 12.5 Å². The topological polar surface area (TPSA) is 75.3 Å². The van der Waals surface area contributed by atoms with Gasteiger partial charge in [-0.1, -0.05) is 60.7 Å². The lowest BCUT2D eigenvalue weighted by Crippen LogP contribution is -2.32. The normalized spacial score (nSPS) is 13.4. The van der Waals surface area contributed by atoms with Crippen LogP contribution in [0.25, 0.3) is 17.0 Å². The van der Waals surface area contributed by atoms with E-state index >= 15 is 0 Å². The molecule has 0 spiro atoms. The van der Waals surface area contributed by atoms with E-state index in [9.17, 15) is 5.11 Å². The molecule has 0 radical (unpaired) electrons. The van der Waals surface area contributed by atoms with E-state index in [-0.39, 0.29) is 6.04 Å². The van der Waals surface area contributed by atoms with Crippen molar-refractivity contribution in [3.63, 3.8) is 0 Å². The number of rotatable bonds is 6. The van der Waals surface area contributed by atoms with Gasteiger partial charge in [-0.3, -0.25) is 0 Å². The van der Waals surface area contributed by atoms with E-state index in [0.717, 1.165) is 11.1 Å². The molecule has 0 saturated carbocycles. The number of hydrogen-bond donors (Lipinski definition) is 2. The van der Waals surface area contributed by atoms with Crippen LogP contribution in [0.15, 0.2) is 72.8 Å². The Labute approximate surface area is 157 Å². The zero-order valence-corrected chi connectivity index (χ0v) is 15.0. The quantitative estimate of drug-likeness (QED) is 0.553. The minimum atomic E-state index is -0.528.